The summed E-state index contributed by atoms with van der Waals surface area (Å²) in [6, 6.07) is 32.1. The van der Waals surface area contributed by atoms with Crippen LogP contribution in [0.15, 0.2) is 91.0 Å². The highest BCUT2D eigenvalue weighted by Gasteiger charge is 2.46. The summed E-state index contributed by atoms with van der Waals surface area (Å²) in [5.41, 5.74) is 0. The van der Waals surface area contributed by atoms with Crippen LogP contribution in [-0.2, 0) is 0 Å². The van der Waals surface area contributed by atoms with Crippen LogP contribution >= 0.6 is 7.26 Å². The van der Waals surface area contributed by atoms with Gasteiger partial charge in [-0.15, -0.1) is 0 Å². The predicted molar refractivity (Wildman–Crippen MR) is 106 cm³/mol. The molecule has 0 aliphatic rings. The van der Waals surface area contributed by atoms with Crippen LogP contribution in [0.5, 0.6) is 0 Å². The Morgan fingerprint density at radius 2 is 1.00 bits per heavy atom. The van der Waals surface area contributed by atoms with Crippen molar-refractivity contribution in [2.45, 2.75) is 19.4 Å². The summed E-state index contributed by atoms with van der Waals surface area (Å²) in [5, 5.41) is 14.6. The maximum absolute atomic E-state index is 10.6. The van der Waals surface area contributed by atoms with E-state index in [1.54, 1.807) is 0 Å². The van der Waals surface area contributed by atoms with Crippen molar-refractivity contribution in [3.8, 4) is 0 Å². The zero-order valence-electron chi connectivity index (χ0n) is 14.0. The topological polar surface area (TPSA) is 20.2 Å². The van der Waals surface area contributed by atoms with Crippen molar-refractivity contribution < 1.29 is 5.11 Å². The number of benzene rings is 3. The Balaban J connectivity index is 2.28. The molecule has 0 heterocycles. The summed E-state index contributed by atoms with van der Waals surface area (Å²) in [5.74, 6) is 0. The fourth-order valence-electron chi connectivity index (χ4n) is 3.26. The molecule has 2 heteroatoms. The number of hydrogen-bond acceptors (Lipinski definition) is 1. The Morgan fingerprint density at radius 1 is 0.667 bits per heavy atom. The van der Waals surface area contributed by atoms with Crippen LogP contribution in [0.25, 0.3) is 0 Å². The Hall–Kier alpha value is -1.95. The second-order valence-corrected chi connectivity index (χ2v) is 9.59. The molecule has 0 spiro atoms. The molecule has 3 aromatic carbocycles. The van der Waals surface area contributed by atoms with Crippen molar-refractivity contribution in [2.75, 3.05) is 6.16 Å². The van der Waals surface area contributed by atoms with Crippen LogP contribution < -0.4 is 15.9 Å². The van der Waals surface area contributed by atoms with E-state index in [-0.39, 0.29) is 6.10 Å². The van der Waals surface area contributed by atoms with Gasteiger partial charge in [-0.3, -0.25) is 0 Å². The van der Waals surface area contributed by atoms with Gasteiger partial charge in [0.25, 0.3) is 0 Å². The van der Waals surface area contributed by atoms with Gasteiger partial charge in [0.1, 0.15) is 23.2 Å². The van der Waals surface area contributed by atoms with Crippen LogP contribution in [0.3, 0.4) is 0 Å². The van der Waals surface area contributed by atoms with Crippen molar-refractivity contribution in [2.24, 2.45) is 0 Å². The molecular weight excluding hydrogens is 311 g/mol. The first-order valence-corrected chi connectivity index (χ1v) is 10.5. The zero-order chi connectivity index (χ0) is 16.8. The van der Waals surface area contributed by atoms with Crippen molar-refractivity contribution in [1.29, 1.82) is 0 Å². The predicted octanol–water partition coefficient (Wildman–Crippen LogP) is 3.75. The number of hydrogen-bond donors (Lipinski definition) is 1. The Kier molecular flexibility index (Phi) is 5.45. The quantitative estimate of drug-likeness (QED) is 0.680. The lowest BCUT2D eigenvalue weighted by Crippen LogP contribution is -2.36. The SMILES string of the molecule is CC[C@H](O)C[P+](c1ccccc1)(c1ccccc1)c1ccccc1. The van der Waals surface area contributed by atoms with Gasteiger partial charge in [0, 0.05) is 0 Å². The van der Waals surface area contributed by atoms with E-state index in [1.165, 1.54) is 15.9 Å². The van der Waals surface area contributed by atoms with E-state index < -0.39 is 7.26 Å². The number of aliphatic hydroxyl groups excluding tert-OH is 1. The molecule has 0 saturated heterocycles. The first kappa shape index (κ1) is 16.9. The summed E-state index contributed by atoms with van der Waals surface area (Å²) in [6.07, 6.45) is 1.24. The third-order valence-electron chi connectivity index (χ3n) is 4.55. The molecule has 0 aromatic heterocycles. The molecular formula is C22H24OP+. The minimum atomic E-state index is -1.88. The highest BCUT2D eigenvalue weighted by molar-refractivity contribution is 7.95. The normalized spacial score (nSPS) is 12.8. The number of aliphatic hydroxyl groups is 1. The van der Waals surface area contributed by atoms with Gasteiger partial charge in [-0.2, -0.15) is 0 Å². The van der Waals surface area contributed by atoms with E-state index in [0.717, 1.165) is 12.6 Å². The second-order valence-electron chi connectivity index (χ2n) is 6.06. The molecule has 0 amide bonds. The molecule has 1 N–H and O–H groups in total. The highest BCUT2D eigenvalue weighted by Crippen LogP contribution is 2.55. The van der Waals surface area contributed by atoms with Gasteiger partial charge in [-0.1, -0.05) is 61.5 Å². The van der Waals surface area contributed by atoms with E-state index in [9.17, 15) is 5.11 Å². The first-order valence-electron chi connectivity index (χ1n) is 8.50. The molecule has 24 heavy (non-hydrogen) atoms. The average Bonchev–Trinajstić information content (AvgIpc) is 2.68. The van der Waals surface area contributed by atoms with Gasteiger partial charge in [0.05, 0.1) is 12.3 Å². The van der Waals surface area contributed by atoms with E-state index in [2.05, 4.69) is 97.9 Å². The molecule has 0 bridgehead atoms. The van der Waals surface area contributed by atoms with Crippen molar-refractivity contribution in [3.05, 3.63) is 91.0 Å². The average molecular weight is 335 g/mol. The Labute approximate surface area is 145 Å². The highest BCUT2D eigenvalue weighted by atomic mass is 31.2. The van der Waals surface area contributed by atoms with E-state index in [1.807, 2.05) is 0 Å². The second kappa shape index (κ2) is 7.75. The summed E-state index contributed by atoms with van der Waals surface area (Å²) < 4.78 is 0. The molecule has 0 fully saturated rings. The minimum Gasteiger partial charge on any atom is -0.389 e. The fraction of sp³-hybridized carbons (Fsp3) is 0.182. The minimum absolute atomic E-state index is 0.307. The smallest absolute Gasteiger partial charge is 0.114 e. The zero-order valence-corrected chi connectivity index (χ0v) is 14.9. The summed E-state index contributed by atoms with van der Waals surface area (Å²) in [4.78, 5) is 0. The summed E-state index contributed by atoms with van der Waals surface area (Å²) >= 11 is 0. The van der Waals surface area contributed by atoms with E-state index in [0.29, 0.717) is 0 Å². The Bertz CT molecular complexity index is 644. The number of rotatable bonds is 6. The van der Waals surface area contributed by atoms with Crippen LogP contribution in [0, 0.1) is 0 Å². The summed E-state index contributed by atoms with van der Waals surface area (Å²) in [7, 11) is -1.88. The van der Waals surface area contributed by atoms with Crippen molar-refractivity contribution in [1.82, 2.24) is 0 Å². The third-order valence-corrected chi connectivity index (χ3v) is 9.06. The molecule has 3 rings (SSSR count). The molecule has 0 radical (unpaired) electrons. The third kappa shape index (κ3) is 3.29. The van der Waals surface area contributed by atoms with Crippen LogP contribution in [0.4, 0.5) is 0 Å². The molecule has 0 saturated carbocycles. The standard InChI is InChI=1S/C22H24OP/c1-2-19(23)18-24(20-12-6-3-7-13-20,21-14-8-4-9-15-21)22-16-10-5-11-17-22/h3-17,19,23H,2,18H2,1H3/q+1/t19-/m0/s1. The lowest BCUT2D eigenvalue weighted by Gasteiger charge is -2.29. The largest absolute Gasteiger partial charge is 0.389 e. The maximum atomic E-state index is 10.6. The van der Waals surface area contributed by atoms with Gasteiger partial charge >= 0.3 is 0 Å². The van der Waals surface area contributed by atoms with Crippen molar-refractivity contribution in [3.63, 3.8) is 0 Å². The van der Waals surface area contributed by atoms with Crippen molar-refractivity contribution >= 4 is 23.2 Å². The summed E-state index contributed by atoms with van der Waals surface area (Å²) in [6.45, 7) is 2.06. The lowest BCUT2D eigenvalue weighted by molar-refractivity contribution is 0.194. The monoisotopic (exact) mass is 335 g/mol. The van der Waals surface area contributed by atoms with Crippen LogP contribution in [-0.4, -0.2) is 17.4 Å². The van der Waals surface area contributed by atoms with Gasteiger partial charge in [-0.05, 0) is 42.8 Å². The van der Waals surface area contributed by atoms with Crippen LogP contribution in [0.2, 0.25) is 0 Å². The molecule has 1 nitrogen and oxygen atoms in total. The molecule has 3 aromatic rings. The Morgan fingerprint density at radius 3 is 1.29 bits per heavy atom. The maximum Gasteiger partial charge on any atom is 0.114 e. The molecule has 0 aliphatic carbocycles. The van der Waals surface area contributed by atoms with Gasteiger partial charge < -0.3 is 5.11 Å². The van der Waals surface area contributed by atoms with Gasteiger partial charge in [-0.25, -0.2) is 0 Å². The van der Waals surface area contributed by atoms with E-state index in [4.69, 9.17) is 0 Å². The molecule has 1 atom stereocenters. The molecule has 0 unspecified atom stereocenters. The fourth-order valence-corrected chi connectivity index (χ4v) is 7.72. The van der Waals surface area contributed by atoms with Gasteiger partial charge in [0.15, 0.2) is 0 Å². The van der Waals surface area contributed by atoms with E-state index >= 15 is 0 Å². The van der Waals surface area contributed by atoms with Gasteiger partial charge in [0.2, 0.25) is 0 Å². The first-order chi connectivity index (χ1) is 11.8. The lowest BCUT2D eigenvalue weighted by atomic mass is 10.3. The van der Waals surface area contributed by atoms with Crippen LogP contribution in [0.1, 0.15) is 13.3 Å². The molecule has 122 valence electrons. The molecule has 0 aliphatic heterocycles.